The van der Waals surface area contributed by atoms with Crippen molar-refractivity contribution in [2.75, 3.05) is 6.54 Å². The van der Waals surface area contributed by atoms with Gasteiger partial charge in [0.2, 0.25) is 5.91 Å². The highest BCUT2D eigenvalue weighted by Crippen LogP contribution is 2.51. The van der Waals surface area contributed by atoms with E-state index in [4.69, 9.17) is 11.6 Å². The first-order valence-electron chi connectivity index (χ1n) is 8.80. The number of nitrogens with zero attached hydrogens (tertiary/aromatic N) is 1. The SMILES string of the molecule is O=C(C1CC1c1ccccc1Cl)N1CCCC1C1CCCC1. The monoisotopic (exact) mass is 317 g/mol. The maximum absolute atomic E-state index is 13.0. The van der Waals surface area contributed by atoms with Crippen LogP contribution < -0.4 is 0 Å². The maximum Gasteiger partial charge on any atom is 0.226 e. The average Bonchev–Trinajstić information content (AvgIpc) is 2.93. The van der Waals surface area contributed by atoms with Gasteiger partial charge in [0.15, 0.2) is 0 Å². The highest BCUT2D eigenvalue weighted by Gasteiger charge is 2.49. The zero-order valence-electron chi connectivity index (χ0n) is 13.0. The third-order valence-electron chi connectivity index (χ3n) is 5.94. The van der Waals surface area contributed by atoms with Crippen molar-refractivity contribution in [3.8, 4) is 0 Å². The van der Waals surface area contributed by atoms with Gasteiger partial charge in [-0.2, -0.15) is 0 Å². The number of halogens is 1. The number of likely N-dealkylation sites (tertiary alicyclic amines) is 1. The van der Waals surface area contributed by atoms with Crippen LogP contribution in [-0.4, -0.2) is 23.4 Å². The van der Waals surface area contributed by atoms with Gasteiger partial charge in [-0.3, -0.25) is 4.79 Å². The predicted molar refractivity (Wildman–Crippen MR) is 89.0 cm³/mol. The first-order chi connectivity index (χ1) is 10.8. The van der Waals surface area contributed by atoms with Crippen molar-refractivity contribution in [2.24, 2.45) is 11.8 Å². The number of hydrogen-bond acceptors (Lipinski definition) is 1. The van der Waals surface area contributed by atoms with Gasteiger partial charge in [-0.25, -0.2) is 0 Å². The average molecular weight is 318 g/mol. The van der Waals surface area contributed by atoms with E-state index in [0.29, 0.717) is 17.9 Å². The van der Waals surface area contributed by atoms with E-state index < -0.39 is 0 Å². The van der Waals surface area contributed by atoms with Gasteiger partial charge in [-0.1, -0.05) is 42.6 Å². The molecule has 22 heavy (non-hydrogen) atoms. The summed E-state index contributed by atoms with van der Waals surface area (Å²) in [6, 6.07) is 8.54. The van der Waals surface area contributed by atoms with Crippen molar-refractivity contribution in [1.82, 2.24) is 4.90 Å². The Labute approximate surface area is 137 Å². The fraction of sp³-hybridized carbons (Fsp3) is 0.632. The first-order valence-corrected chi connectivity index (χ1v) is 9.18. The molecule has 3 aliphatic rings. The second-order valence-corrected chi connectivity index (χ2v) is 7.66. The van der Waals surface area contributed by atoms with Crippen molar-refractivity contribution in [1.29, 1.82) is 0 Å². The molecule has 1 aromatic carbocycles. The fourth-order valence-electron chi connectivity index (χ4n) is 4.70. The molecule has 0 radical (unpaired) electrons. The molecule has 0 spiro atoms. The molecule has 1 aliphatic heterocycles. The topological polar surface area (TPSA) is 20.3 Å². The van der Waals surface area contributed by atoms with Crippen molar-refractivity contribution >= 4 is 17.5 Å². The second kappa shape index (κ2) is 5.88. The van der Waals surface area contributed by atoms with Gasteiger partial charge < -0.3 is 4.90 Å². The molecule has 2 nitrogen and oxygen atoms in total. The van der Waals surface area contributed by atoms with Crippen LogP contribution in [0, 0.1) is 11.8 Å². The lowest BCUT2D eigenvalue weighted by Crippen LogP contribution is -2.40. The summed E-state index contributed by atoms with van der Waals surface area (Å²) in [5.41, 5.74) is 1.17. The Morgan fingerprint density at radius 3 is 2.64 bits per heavy atom. The second-order valence-electron chi connectivity index (χ2n) is 7.26. The Kier molecular flexibility index (Phi) is 3.89. The van der Waals surface area contributed by atoms with Crippen LogP contribution in [0.15, 0.2) is 24.3 Å². The van der Waals surface area contributed by atoms with E-state index in [9.17, 15) is 4.79 Å². The van der Waals surface area contributed by atoms with E-state index >= 15 is 0 Å². The Morgan fingerprint density at radius 1 is 1.09 bits per heavy atom. The van der Waals surface area contributed by atoms with Gasteiger partial charge in [0.1, 0.15) is 0 Å². The molecule has 3 unspecified atom stereocenters. The summed E-state index contributed by atoms with van der Waals surface area (Å²) in [5, 5.41) is 0.816. The molecule has 1 heterocycles. The van der Waals surface area contributed by atoms with E-state index in [1.54, 1.807) is 0 Å². The Balaban J connectivity index is 1.45. The number of carbonyl (C=O) groups is 1. The molecule has 3 fully saturated rings. The fourth-order valence-corrected chi connectivity index (χ4v) is 4.97. The molecule has 0 bridgehead atoms. The lowest BCUT2D eigenvalue weighted by molar-refractivity contribution is -0.134. The third-order valence-corrected chi connectivity index (χ3v) is 6.28. The quantitative estimate of drug-likeness (QED) is 0.796. The standard InChI is InChI=1S/C19H24ClNO/c20-17-9-4-3-8-14(17)15-12-16(15)19(22)21-11-5-10-18(21)13-6-1-2-7-13/h3-4,8-9,13,15-16,18H,1-2,5-7,10-12H2. The van der Waals surface area contributed by atoms with E-state index in [1.165, 1.54) is 44.1 Å². The van der Waals surface area contributed by atoms with Crippen LogP contribution in [0.2, 0.25) is 5.02 Å². The van der Waals surface area contributed by atoms with Crippen LogP contribution in [0.4, 0.5) is 0 Å². The van der Waals surface area contributed by atoms with Gasteiger partial charge in [0, 0.05) is 23.5 Å². The van der Waals surface area contributed by atoms with E-state index in [-0.39, 0.29) is 5.92 Å². The minimum Gasteiger partial charge on any atom is -0.339 e. The van der Waals surface area contributed by atoms with E-state index in [2.05, 4.69) is 11.0 Å². The Hall–Kier alpha value is -1.02. The molecule has 1 saturated heterocycles. The van der Waals surface area contributed by atoms with Gasteiger partial charge in [-0.05, 0) is 55.6 Å². The largest absolute Gasteiger partial charge is 0.339 e. The van der Waals surface area contributed by atoms with E-state index in [1.807, 2.05) is 18.2 Å². The van der Waals surface area contributed by atoms with Crippen LogP contribution in [0.3, 0.4) is 0 Å². The third kappa shape index (κ3) is 2.56. The Bertz CT molecular complexity index is 566. The summed E-state index contributed by atoms with van der Waals surface area (Å²) in [4.78, 5) is 15.2. The van der Waals surface area contributed by atoms with Crippen LogP contribution in [0.5, 0.6) is 0 Å². The number of amides is 1. The number of carbonyl (C=O) groups excluding carboxylic acids is 1. The molecule has 0 aromatic heterocycles. The van der Waals surface area contributed by atoms with Gasteiger partial charge in [0.05, 0.1) is 0 Å². The number of hydrogen-bond donors (Lipinski definition) is 0. The Morgan fingerprint density at radius 2 is 1.86 bits per heavy atom. The van der Waals surface area contributed by atoms with Crippen LogP contribution in [0.1, 0.15) is 56.4 Å². The van der Waals surface area contributed by atoms with Crippen molar-refractivity contribution in [3.05, 3.63) is 34.9 Å². The number of benzene rings is 1. The molecular formula is C19H24ClNO. The minimum absolute atomic E-state index is 0.182. The molecule has 4 rings (SSSR count). The van der Waals surface area contributed by atoms with E-state index in [0.717, 1.165) is 23.9 Å². The van der Waals surface area contributed by atoms with Gasteiger partial charge in [0.25, 0.3) is 0 Å². The smallest absolute Gasteiger partial charge is 0.226 e. The lowest BCUT2D eigenvalue weighted by atomic mass is 9.95. The summed E-state index contributed by atoms with van der Waals surface area (Å²) in [6.07, 6.45) is 8.76. The highest BCUT2D eigenvalue weighted by molar-refractivity contribution is 6.31. The van der Waals surface area contributed by atoms with Crippen molar-refractivity contribution < 1.29 is 4.79 Å². The van der Waals surface area contributed by atoms with Crippen LogP contribution in [0.25, 0.3) is 0 Å². The summed E-state index contributed by atoms with van der Waals surface area (Å²) >= 11 is 6.30. The molecule has 1 amide bonds. The molecule has 2 saturated carbocycles. The highest BCUT2D eigenvalue weighted by atomic mass is 35.5. The molecular weight excluding hydrogens is 294 g/mol. The lowest BCUT2D eigenvalue weighted by Gasteiger charge is -2.29. The van der Waals surface area contributed by atoms with Crippen LogP contribution in [-0.2, 0) is 4.79 Å². The van der Waals surface area contributed by atoms with Crippen molar-refractivity contribution in [3.63, 3.8) is 0 Å². The molecule has 0 N–H and O–H groups in total. The van der Waals surface area contributed by atoms with Gasteiger partial charge >= 0.3 is 0 Å². The molecule has 2 aliphatic carbocycles. The van der Waals surface area contributed by atoms with Gasteiger partial charge in [-0.15, -0.1) is 0 Å². The normalized spacial score (nSPS) is 31.7. The summed E-state index contributed by atoms with van der Waals surface area (Å²) < 4.78 is 0. The first kappa shape index (κ1) is 14.6. The summed E-state index contributed by atoms with van der Waals surface area (Å²) in [6.45, 7) is 0.978. The minimum atomic E-state index is 0.182. The zero-order chi connectivity index (χ0) is 15.1. The molecule has 3 atom stereocenters. The molecule has 1 aromatic rings. The zero-order valence-corrected chi connectivity index (χ0v) is 13.8. The summed E-state index contributed by atoms with van der Waals surface area (Å²) in [5.74, 6) is 1.70. The predicted octanol–water partition coefficient (Wildman–Crippen LogP) is 4.62. The summed E-state index contributed by atoms with van der Waals surface area (Å²) in [7, 11) is 0. The maximum atomic E-state index is 13.0. The van der Waals surface area contributed by atoms with Crippen molar-refractivity contribution in [2.45, 2.75) is 56.9 Å². The number of rotatable bonds is 3. The van der Waals surface area contributed by atoms with Crippen LogP contribution >= 0.6 is 11.6 Å². The molecule has 3 heteroatoms. The molecule has 118 valence electrons.